The summed E-state index contributed by atoms with van der Waals surface area (Å²) < 4.78 is 93.5. The molecule has 0 unspecified atom stereocenters. The van der Waals surface area contributed by atoms with Gasteiger partial charge in [-0.1, -0.05) is 0 Å². The van der Waals surface area contributed by atoms with Crippen LogP contribution < -0.4 is 20.7 Å². The average Bonchev–Trinajstić information content (AvgIpc) is 3.12. The zero-order chi connectivity index (χ0) is 23.7. The molecule has 15 heteroatoms. The van der Waals surface area contributed by atoms with Gasteiger partial charge in [0.1, 0.15) is 6.04 Å². The summed E-state index contributed by atoms with van der Waals surface area (Å²) in [6, 6.07) is -0.102. The average molecular weight is 467 g/mol. The van der Waals surface area contributed by atoms with Crippen molar-refractivity contribution in [2.24, 2.45) is 0 Å². The van der Waals surface area contributed by atoms with E-state index < -0.39 is 59.6 Å². The maximum Gasteiger partial charge on any atom is 0.574 e. The van der Waals surface area contributed by atoms with Gasteiger partial charge in [0.25, 0.3) is 0 Å². The summed E-state index contributed by atoms with van der Waals surface area (Å²) in [5, 5.41) is 6.90. The lowest BCUT2D eigenvalue weighted by molar-refractivity contribution is -0.276. The van der Waals surface area contributed by atoms with E-state index in [2.05, 4.69) is 30.7 Å². The maximum atomic E-state index is 13.6. The first-order valence-electron chi connectivity index (χ1n) is 8.63. The number of amides is 3. The van der Waals surface area contributed by atoms with Gasteiger partial charge >= 0.3 is 18.6 Å². The Balaban J connectivity index is 1.96. The molecule has 2 aromatic heterocycles. The number of rotatable bonds is 5. The van der Waals surface area contributed by atoms with E-state index >= 15 is 0 Å². The molecule has 1 aliphatic rings. The van der Waals surface area contributed by atoms with Crippen LogP contribution in [0.2, 0.25) is 0 Å². The first-order valence-corrected chi connectivity index (χ1v) is 8.63. The lowest BCUT2D eigenvalue weighted by atomic mass is 10.0. The van der Waals surface area contributed by atoms with Crippen molar-refractivity contribution < 1.29 is 45.1 Å². The van der Waals surface area contributed by atoms with E-state index in [1.807, 2.05) is 0 Å². The number of nitrogens with one attached hydrogen (secondary N) is 3. The number of aromatic nitrogens is 2. The van der Waals surface area contributed by atoms with Gasteiger partial charge in [0, 0.05) is 18.8 Å². The van der Waals surface area contributed by atoms with E-state index in [1.165, 1.54) is 0 Å². The van der Waals surface area contributed by atoms with Crippen molar-refractivity contribution in [3.8, 4) is 5.88 Å². The Morgan fingerprint density at radius 2 is 1.88 bits per heavy atom. The fourth-order valence-electron chi connectivity index (χ4n) is 2.74. The number of hydrogen-bond donors (Lipinski definition) is 3. The zero-order valence-electron chi connectivity index (χ0n) is 15.5. The second kappa shape index (κ2) is 8.47. The van der Waals surface area contributed by atoms with E-state index in [1.54, 1.807) is 0 Å². The number of carbonyl (C=O) groups is 2. The lowest BCUT2D eigenvalue weighted by Gasteiger charge is -2.22. The van der Waals surface area contributed by atoms with Crippen LogP contribution >= 0.6 is 0 Å². The van der Waals surface area contributed by atoms with Crippen LogP contribution in [0.3, 0.4) is 0 Å². The lowest BCUT2D eigenvalue weighted by Crippen LogP contribution is -2.44. The summed E-state index contributed by atoms with van der Waals surface area (Å²) in [6.07, 6.45) is -9.37. The van der Waals surface area contributed by atoms with Crippen molar-refractivity contribution in [2.75, 3.05) is 6.54 Å². The van der Waals surface area contributed by atoms with Crippen LogP contribution in [0.25, 0.3) is 0 Å². The summed E-state index contributed by atoms with van der Waals surface area (Å²) in [7, 11) is 0. The monoisotopic (exact) mass is 467 g/mol. The van der Waals surface area contributed by atoms with Gasteiger partial charge in [0.2, 0.25) is 11.8 Å². The number of hydrogen-bond acceptors (Lipinski definition) is 5. The zero-order valence-corrected chi connectivity index (χ0v) is 15.5. The molecule has 1 aliphatic heterocycles. The molecule has 1 saturated heterocycles. The standard InChI is InChI=1S/C17H12F7N5O3/c18-8-2-3-9(27-13(8)16(19,20)21)12(29-14(30)10-6-26-15(31)28-10)7-1-4-11(25-5-7)32-17(22,23)24/h1-5,10,12H,6H2,(H,29,30)(H2,26,28,31)/t10-,12-/m0/s1. The molecule has 3 N–H and O–H groups in total. The van der Waals surface area contributed by atoms with Crippen molar-refractivity contribution in [1.29, 1.82) is 0 Å². The van der Waals surface area contributed by atoms with E-state index in [0.29, 0.717) is 6.07 Å². The molecular formula is C17H12F7N5O3. The topological polar surface area (TPSA) is 105 Å². The minimum Gasteiger partial charge on any atom is -0.388 e. The second-order valence-electron chi connectivity index (χ2n) is 6.39. The maximum absolute atomic E-state index is 13.6. The fourth-order valence-corrected chi connectivity index (χ4v) is 2.74. The third-order valence-electron chi connectivity index (χ3n) is 4.12. The molecule has 0 aliphatic carbocycles. The largest absolute Gasteiger partial charge is 0.574 e. The quantitative estimate of drug-likeness (QED) is 0.586. The van der Waals surface area contributed by atoms with Gasteiger partial charge in [-0.15, -0.1) is 13.2 Å². The number of carbonyl (C=O) groups excluding carboxylic acids is 2. The van der Waals surface area contributed by atoms with E-state index in [9.17, 15) is 40.3 Å². The Labute approximate surface area is 174 Å². The number of ether oxygens (including phenoxy) is 1. The van der Waals surface area contributed by atoms with Crippen LogP contribution in [-0.4, -0.2) is 40.9 Å². The highest BCUT2D eigenvalue weighted by atomic mass is 19.4. The Kier molecular flexibility index (Phi) is 6.09. The predicted molar refractivity (Wildman–Crippen MR) is 90.4 cm³/mol. The Hall–Kier alpha value is -3.65. The third-order valence-corrected chi connectivity index (χ3v) is 4.12. The van der Waals surface area contributed by atoms with Crippen molar-refractivity contribution in [3.63, 3.8) is 0 Å². The smallest absolute Gasteiger partial charge is 0.388 e. The van der Waals surface area contributed by atoms with Crippen LogP contribution in [0.15, 0.2) is 30.5 Å². The third kappa shape index (κ3) is 5.53. The molecule has 3 heterocycles. The molecule has 3 amide bonds. The molecule has 2 aromatic rings. The Morgan fingerprint density at radius 3 is 2.41 bits per heavy atom. The highest BCUT2D eigenvalue weighted by molar-refractivity contribution is 5.90. The SMILES string of the molecule is O=C1NC[C@@H](C(=O)N[C@@H](c2ccc(OC(F)(F)F)nc2)c2ccc(F)c(C(F)(F)F)n2)N1. The van der Waals surface area contributed by atoms with Gasteiger partial charge in [-0.25, -0.2) is 19.2 Å². The van der Waals surface area contributed by atoms with Crippen molar-refractivity contribution in [3.05, 3.63) is 53.2 Å². The Bertz CT molecular complexity index is 1010. The van der Waals surface area contributed by atoms with Gasteiger partial charge < -0.3 is 20.7 Å². The summed E-state index contributed by atoms with van der Waals surface area (Å²) in [6.45, 7) is -0.126. The second-order valence-corrected chi connectivity index (χ2v) is 6.39. The molecule has 3 rings (SSSR count). The summed E-state index contributed by atoms with van der Waals surface area (Å²) in [4.78, 5) is 30.4. The highest BCUT2D eigenvalue weighted by Gasteiger charge is 2.38. The molecule has 0 aromatic carbocycles. The Morgan fingerprint density at radius 1 is 1.16 bits per heavy atom. The van der Waals surface area contributed by atoms with Gasteiger partial charge in [-0.3, -0.25) is 4.79 Å². The summed E-state index contributed by atoms with van der Waals surface area (Å²) in [5.41, 5.74) is -2.41. The van der Waals surface area contributed by atoms with Crippen LogP contribution in [-0.2, 0) is 11.0 Å². The van der Waals surface area contributed by atoms with Gasteiger partial charge in [0.15, 0.2) is 11.5 Å². The fraction of sp³-hybridized carbons (Fsp3) is 0.294. The molecule has 1 fully saturated rings. The van der Waals surface area contributed by atoms with Crippen LogP contribution in [0.5, 0.6) is 5.88 Å². The minimum atomic E-state index is -5.15. The van der Waals surface area contributed by atoms with Gasteiger partial charge in [0.05, 0.1) is 11.7 Å². The predicted octanol–water partition coefficient (Wildman–Crippen LogP) is 2.42. The normalized spacial score (nSPS) is 17.3. The molecule has 0 saturated carbocycles. The molecule has 8 nitrogen and oxygen atoms in total. The van der Waals surface area contributed by atoms with Crippen molar-refractivity contribution in [2.45, 2.75) is 24.6 Å². The number of alkyl halides is 6. The van der Waals surface area contributed by atoms with E-state index in [4.69, 9.17) is 0 Å². The van der Waals surface area contributed by atoms with Crippen molar-refractivity contribution >= 4 is 11.9 Å². The number of halogens is 7. The number of pyridine rings is 2. The first kappa shape index (κ1) is 23.0. The minimum absolute atomic E-state index is 0.0858. The first-order chi connectivity index (χ1) is 14.8. The van der Waals surface area contributed by atoms with Crippen LogP contribution in [0.1, 0.15) is 23.0 Å². The van der Waals surface area contributed by atoms with E-state index in [0.717, 1.165) is 24.4 Å². The van der Waals surface area contributed by atoms with Gasteiger partial charge in [-0.2, -0.15) is 13.2 Å². The van der Waals surface area contributed by atoms with Gasteiger partial charge in [-0.05, 0) is 23.8 Å². The molecule has 32 heavy (non-hydrogen) atoms. The van der Waals surface area contributed by atoms with Crippen LogP contribution in [0, 0.1) is 5.82 Å². The van der Waals surface area contributed by atoms with Crippen LogP contribution in [0.4, 0.5) is 35.5 Å². The highest BCUT2D eigenvalue weighted by Crippen LogP contribution is 2.32. The molecule has 2 atom stereocenters. The molecule has 0 radical (unpaired) electrons. The molecule has 0 bridgehead atoms. The molecule has 172 valence electrons. The summed E-state index contributed by atoms with van der Waals surface area (Å²) in [5.74, 6) is -3.36. The van der Waals surface area contributed by atoms with Crippen molar-refractivity contribution in [1.82, 2.24) is 25.9 Å². The number of nitrogens with zero attached hydrogens (tertiary/aromatic N) is 2. The molecular weight excluding hydrogens is 455 g/mol. The molecule has 0 spiro atoms. The number of urea groups is 1. The van der Waals surface area contributed by atoms with E-state index in [-0.39, 0.29) is 12.1 Å². The summed E-state index contributed by atoms with van der Waals surface area (Å²) >= 11 is 0.